The first kappa shape index (κ1) is 20.9. The summed E-state index contributed by atoms with van der Waals surface area (Å²) in [6, 6.07) is 7.03. The number of rotatable bonds is 5. The lowest BCUT2D eigenvalue weighted by Crippen LogP contribution is -2.55. The molecule has 0 saturated carbocycles. The third kappa shape index (κ3) is 6.70. The van der Waals surface area contributed by atoms with Crippen molar-refractivity contribution >= 4 is 17.7 Å². The fourth-order valence-corrected chi connectivity index (χ4v) is 2.77. The van der Waals surface area contributed by atoms with Crippen LogP contribution in [0.3, 0.4) is 0 Å². The van der Waals surface area contributed by atoms with Gasteiger partial charge in [0, 0.05) is 5.02 Å². The van der Waals surface area contributed by atoms with Gasteiger partial charge < -0.3 is 14.2 Å². The highest BCUT2D eigenvalue weighted by atomic mass is 35.5. The molecule has 8 heteroatoms. The Balaban J connectivity index is 2.08. The molecule has 1 aliphatic rings. The van der Waals surface area contributed by atoms with Crippen molar-refractivity contribution in [3.05, 3.63) is 34.9 Å². The third-order valence-corrected chi connectivity index (χ3v) is 4.04. The Kier molecular flexibility index (Phi) is 7.20. The van der Waals surface area contributed by atoms with Crippen molar-refractivity contribution < 1.29 is 27.8 Å². The van der Waals surface area contributed by atoms with Crippen LogP contribution in [-0.2, 0) is 20.6 Å². The smallest absolute Gasteiger partial charge is 0.410 e. The van der Waals surface area contributed by atoms with Gasteiger partial charge in [0.15, 0.2) is 0 Å². The minimum atomic E-state index is -2.87. The first-order valence-corrected chi connectivity index (χ1v) is 8.77. The van der Waals surface area contributed by atoms with E-state index in [0.29, 0.717) is 11.4 Å². The second kappa shape index (κ2) is 8.97. The summed E-state index contributed by atoms with van der Waals surface area (Å²) >= 11 is 5.90. The molecule has 146 valence electrons. The van der Waals surface area contributed by atoms with Crippen molar-refractivity contribution in [2.45, 2.75) is 51.6 Å². The zero-order chi connectivity index (χ0) is 19.3. The van der Waals surface area contributed by atoms with Gasteiger partial charge in [-0.2, -0.15) is 8.78 Å². The summed E-state index contributed by atoms with van der Waals surface area (Å²) in [6.45, 7) is 2.49. The number of benzene rings is 1. The molecule has 1 aromatic rings. The van der Waals surface area contributed by atoms with Crippen LogP contribution in [-0.4, -0.2) is 55.1 Å². The summed E-state index contributed by atoms with van der Waals surface area (Å²) in [6.07, 6.45) is -0.585. The maximum absolute atomic E-state index is 12.6. The summed E-state index contributed by atoms with van der Waals surface area (Å²) in [5.41, 5.74) is 0.327. The highest BCUT2D eigenvalue weighted by molar-refractivity contribution is 6.30. The minimum absolute atomic E-state index is 0.125. The first-order chi connectivity index (χ1) is 12.1. The lowest BCUT2D eigenvalue weighted by molar-refractivity contribution is -0.169. The van der Waals surface area contributed by atoms with Gasteiger partial charge in [0.05, 0.1) is 31.9 Å². The van der Waals surface area contributed by atoms with Gasteiger partial charge in [-0.1, -0.05) is 23.7 Å². The Morgan fingerprint density at radius 3 is 2.58 bits per heavy atom. The fourth-order valence-electron chi connectivity index (χ4n) is 2.65. The van der Waals surface area contributed by atoms with Crippen LogP contribution in [0.4, 0.5) is 13.6 Å². The molecule has 1 saturated heterocycles. The Labute approximate surface area is 157 Å². The van der Waals surface area contributed by atoms with Crippen LogP contribution in [0.15, 0.2) is 24.3 Å². The molecule has 0 aliphatic carbocycles. The molecule has 2 atom stereocenters. The van der Waals surface area contributed by atoms with E-state index in [9.17, 15) is 13.6 Å². The SMILES string of the molecule is CC(C)(C)OC(=O)N1C[C@H](COC(F)F)OC[C@@H]1Cc1ccc(Cl)cc1. The van der Waals surface area contributed by atoms with Crippen LogP contribution in [0.2, 0.25) is 5.02 Å². The molecule has 5 nitrogen and oxygen atoms in total. The number of carbonyl (C=O) groups excluding carboxylic acids is 1. The second-order valence-corrected chi connectivity index (χ2v) is 7.60. The first-order valence-electron chi connectivity index (χ1n) is 8.39. The number of halogens is 3. The van der Waals surface area contributed by atoms with Gasteiger partial charge in [-0.05, 0) is 44.9 Å². The van der Waals surface area contributed by atoms with E-state index in [2.05, 4.69) is 4.74 Å². The van der Waals surface area contributed by atoms with Gasteiger partial charge in [0.25, 0.3) is 0 Å². The number of ether oxygens (including phenoxy) is 3. The maximum atomic E-state index is 12.6. The van der Waals surface area contributed by atoms with E-state index in [0.717, 1.165) is 5.56 Å². The van der Waals surface area contributed by atoms with Gasteiger partial charge in [0.1, 0.15) is 5.60 Å². The number of carbonyl (C=O) groups is 1. The Morgan fingerprint density at radius 2 is 2.00 bits per heavy atom. The normalized spacial score (nSPS) is 21.1. The molecule has 0 bridgehead atoms. The van der Waals surface area contributed by atoms with E-state index in [1.165, 1.54) is 4.90 Å². The molecule has 1 aromatic carbocycles. The van der Waals surface area contributed by atoms with Crippen LogP contribution in [0.1, 0.15) is 26.3 Å². The van der Waals surface area contributed by atoms with Gasteiger partial charge in [0.2, 0.25) is 0 Å². The molecule has 0 radical (unpaired) electrons. The van der Waals surface area contributed by atoms with E-state index in [1.807, 2.05) is 12.1 Å². The molecular formula is C18H24ClF2NO4. The standard InChI is InChI=1S/C18H24ClF2NO4/c1-18(2,3)26-17(23)22-9-15(11-25-16(20)21)24-10-14(22)8-12-4-6-13(19)7-5-12/h4-7,14-16H,8-11H2,1-3H3/t14-,15+/m0/s1. The summed E-state index contributed by atoms with van der Waals surface area (Å²) in [5, 5.41) is 0.627. The van der Waals surface area contributed by atoms with E-state index in [1.54, 1.807) is 32.9 Å². The largest absolute Gasteiger partial charge is 0.444 e. The van der Waals surface area contributed by atoms with Crippen molar-refractivity contribution in [3.8, 4) is 0 Å². The highest BCUT2D eigenvalue weighted by Crippen LogP contribution is 2.21. The third-order valence-electron chi connectivity index (χ3n) is 3.79. The second-order valence-electron chi connectivity index (χ2n) is 7.17. The van der Waals surface area contributed by atoms with Gasteiger partial charge in [-0.15, -0.1) is 0 Å². The molecule has 2 rings (SSSR count). The van der Waals surface area contributed by atoms with Crippen LogP contribution >= 0.6 is 11.6 Å². The highest BCUT2D eigenvalue weighted by Gasteiger charge is 2.35. The lowest BCUT2D eigenvalue weighted by atomic mass is 10.0. The summed E-state index contributed by atoms with van der Waals surface area (Å²) in [7, 11) is 0. The van der Waals surface area contributed by atoms with E-state index in [4.69, 9.17) is 21.1 Å². The number of hydrogen-bond acceptors (Lipinski definition) is 4. The average Bonchev–Trinajstić information content (AvgIpc) is 2.54. The summed E-state index contributed by atoms with van der Waals surface area (Å²) < 4.78 is 39.9. The molecular weight excluding hydrogens is 368 g/mol. The van der Waals surface area contributed by atoms with Crippen LogP contribution in [0.25, 0.3) is 0 Å². The number of hydrogen-bond donors (Lipinski definition) is 0. The van der Waals surface area contributed by atoms with Gasteiger partial charge in [-0.3, -0.25) is 4.90 Å². The van der Waals surface area contributed by atoms with Gasteiger partial charge in [-0.25, -0.2) is 4.79 Å². The quantitative estimate of drug-likeness (QED) is 0.757. The molecule has 1 aliphatic heterocycles. The monoisotopic (exact) mass is 391 g/mol. The van der Waals surface area contributed by atoms with Crippen molar-refractivity contribution in [2.75, 3.05) is 19.8 Å². The maximum Gasteiger partial charge on any atom is 0.410 e. The molecule has 0 unspecified atom stereocenters. The van der Waals surface area contributed by atoms with E-state index < -0.39 is 24.4 Å². The number of nitrogens with zero attached hydrogens (tertiary/aromatic N) is 1. The number of amides is 1. The Bertz CT molecular complexity index is 592. The Hall–Kier alpha value is -1.44. The predicted molar refractivity (Wildman–Crippen MR) is 93.6 cm³/mol. The molecule has 1 heterocycles. The molecule has 0 aromatic heterocycles. The average molecular weight is 392 g/mol. The van der Waals surface area contributed by atoms with Crippen molar-refractivity contribution in [1.29, 1.82) is 0 Å². The topological polar surface area (TPSA) is 48.0 Å². The van der Waals surface area contributed by atoms with Gasteiger partial charge >= 0.3 is 12.7 Å². The van der Waals surface area contributed by atoms with E-state index >= 15 is 0 Å². The number of morpholine rings is 1. The summed E-state index contributed by atoms with van der Waals surface area (Å²) in [4.78, 5) is 14.1. The van der Waals surface area contributed by atoms with Crippen LogP contribution in [0, 0.1) is 0 Å². The van der Waals surface area contributed by atoms with E-state index in [-0.39, 0.29) is 25.8 Å². The van der Waals surface area contributed by atoms with Crippen LogP contribution in [0.5, 0.6) is 0 Å². The van der Waals surface area contributed by atoms with Crippen molar-refractivity contribution in [3.63, 3.8) is 0 Å². The fraction of sp³-hybridized carbons (Fsp3) is 0.611. The molecule has 26 heavy (non-hydrogen) atoms. The lowest BCUT2D eigenvalue weighted by Gasteiger charge is -2.40. The predicted octanol–water partition coefficient (Wildman–Crippen LogP) is 4.13. The molecule has 1 fully saturated rings. The van der Waals surface area contributed by atoms with Crippen molar-refractivity contribution in [1.82, 2.24) is 4.90 Å². The Morgan fingerprint density at radius 1 is 1.35 bits per heavy atom. The molecule has 0 N–H and O–H groups in total. The zero-order valence-corrected chi connectivity index (χ0v) is 15.8. The van der Waals surface area contributed by atoms with Crippen molar-refractivity contribution in [2.24, 2.45) is 0 Å². The van der Waals surface area contributed by atoms with Crippen LogP contribution < -0.4 is 0 Å². The summed E-state index contributed by atoms with van der Waals surface area (Å²) in [5.74, 6) is 0. The molecule has 1 amide bonds. The minimum Gasteiger partial charge on any atom is -0.444 e. The number of alkyl halides is 2. The molecule has 0 spiro atoms. The zero-order valence-electron chi connectivity index (χ0n) is 15.1.